The molecule has 41 heavy (non-hydrogen) atoms. The molecule has 2 aromatic carbocycles. The molecule has 1 aliphatic rings. The summed E-state index contributed by atoms with van der Waals surface area (Å²) >= 11 is 3.50. The molecule has 0 aliphatic carbocycles. The third-order valence-electron chi connectivity index (χ3n) is 6.42. The van der Waals surface area contributed by atoms with Crippen LogP contribution in [0.1, 0.15) is 46.6 Å². The third kappa shape index (κ3) is 6.69. The number of amides is 1. The molecule has 0 bridgehead atoms. The van der Waals surface area contributed by atoms with Gasteiger partial charge >= 0.3 is 0 Å². The first-order chi connectivity index (χ1) is 19.9. The molecule has 3 N–H and O–H groups in total. The maximum Gasteiger partial charge on any atom is 0.293 e. The van der Waals surface area contributed by atoms with Crippen LogP contribution in [0.4, 0.5) is 10.2 Å². The van der Waals surface area contributed by atoms with Gasteiger partial charge in [-0.2, -0.15) is 9.78 Å². The molecule has 1 amide bonds. The number of carbonyl (C=O) groups is 1. The van der Waals surface area contributed by atoms with Gasteiger partial charge in [0.1, 0.15) is 12.4 Å². The molecule has 0 saturated carbocycles. The normalized spacial score (nSPS) is 13.9. The second-order valence-electron chi connectivity index (χ2n) is 9.25. The molecule has 1 saturated heterocycles. The molecule has 2 aromatic heterocycles. The number of hydrogen-bond donors (Lipinski definition) is 2. The topological polar surface area (TPSA) is 159 Å². The van der Waals surface area contributed by atoms with Crippen LogP contribution in [0, 0.1) is 5.82 Å². The molecule has 1 aliphatic heterocycles. The molecule has 0 radical (unpaired) electrons. The smallest absolute Gasteiger partial charge is 0.293 e. The zero-order valence-corrected chi connectivity index (χ0v) is 23.7. The lowest BCUT2D eigenvalue weighted by Crippen LogP contribution is -2.31. The summed E-state index contributed by atoms with van der Waals surface area (Å²) in [7, 11) is 1.51. The Kier molecular flexibility index (Phi) is 8.84. The van der Waals surface area contributed by atoms with Crippen LogP contribution in [0.3, 0.4) is 0 Å². The van der Waals surface area contributed by atoms with E-state index in [4.69, 9.17) is 19.8 Å². The van der Waals surface area contributed by atoms with Gasteiger partial charge in [-0.1, -0.05) is 23.8 Å². The molecular weight excluding hydrogens is 601 g/mol. The summed E-state index contributed by atoms with van der Waals surface area (Å²) in [6.45, 7) is 2.40. The lowest BCUT2D eigenvalue weighted by atomic mass is 10.1. The molecule has 214 valence electrons. The number of benzene rings is 2. The Labute approximate surface area is 242 Å². The zero-order valence-electron chi connectivity index (χ0n) is 22.1. The Morgan fingerprint density at radius 2 is 2.00 bits per heavy atom. The van der Waals surface area contributed by atoms with Crippen LogP contribution in [0.15, 0.2) is 50.6 Å². The van der Waals surface area contributed by atoms with Crippen LogP contribution in [0.2, 0.25) is 0 Å². The van der Waals surface area contributed by atoms with Gasteiger partial charge in [0.15, 0.2) is 17.2 Å². The first kappa shape index (κ1) is 28.2. The first-order valence-corrected chi connectivity index (χ1v) is 13.6. The van der Waals surface area contributed by atoms with Crippen molar-refractivity contribution < 1.29 is 23.3 Å². The lowest BCUT2D eigenvalue weighted by molar-refractivity contribution is 0.0947. The Morgan fingerprint density at radius 1 is 1.22 bits per heavy atom. The molecule has 0 spiro atoms. The van der Waals surface area contributed by atoms with E-state index in [-0.39, 0.29) is 29.8 Å². The van der Waals surface area contributed by atoms with E-state index < -0.39 is 5.91 Å². The van der Waals surface area contributed by atoms with E-state index >= 15 is 0 Å². The predicted octanol–water partition coefficient (Wildman–Crippen LogP) is 3.47. The van der Waals surface area contributed by atoms with Crippen molar-refractivity contribution in [2.45, 2.75) is 32.4 Å². The molecular formula is C26H27BrFN9O4. The number of nitrogens with two attached hydrogens (primary N) is 1. The van der Waals surface area contributed by atoms with Crippen LogP contribution in [-0.4, -0.2) is 62.5 Å². The number of likely N-dealkylation sites (tertiary alicyclic amines) is 1. The summed E-state index contributed by atoms with van der Waals surface area (Å²) in [6.07, 6.45) is 4.76. The number of halogens is 2. The number of aromatic nitrogens is 5. The quantitative estimate of drug-likeness (QED) is 0.197. The number of nitrogens with one attached hydrogen (secondary N) is 1. The van der Waals surface area contributed by atoms with E-state index in [1.54, 1.807) is 24.3 Å². The highest BCUT2D eigenvalue weighted by atomic mass is 79.9. The Hall–Kier alpha value is -4.37. The Bertz CT molecular complexity index is 1530. The minimum atomic E-state index is -0.556. The molecule has 3 heterocycles. The van der Waals surface area contributed by atoms with Crippen molar-refractivity contribution in [1.82, 2.24) is 35.6 Å². The minimum absolute atomic E-state index is 0.0318. The summed E-state index contributed by atoms with van der Waals surface area (Å²) in [5.41, 5.74) is 10.4. The van der Waals surface area contributed by atoms with Gasteiger partial charge in [-0.05, 0) is 87.6 Å². The summed E-state index contributed by atoms with van der Waals surface area (Å²) in [6, 6.07) is 9.50. The second-order valence-corrected chi connectivity index (χ2v) is 10.1. The highest BCUT2D eigenvalue weighted by Crippen LogP contribution is 2.37. The number of carbonyl (C=O) groups excluding carboxylic acids is 1. The van der Waals surface area contributed by atoms with Crippen molar-refractivity contribution in [3.63, 3.8) is 0 Å². The van der Waals surface area contributed by atoms with E-state index in [1.807, 2.05) is 0 Å². The molecule has 1 fully saturated rings. The Balaban J connectivity index is 1.30. The second kappa shape index (κ2) is 12.9. The van der Waals surface area contributed by atoms with Crippen LogP contribution in [0.25, 0.3) is 5.82 Å². The fourth-order valence-electron chi connectivity index (χ4n) is 4.37. The van der Waals surface area contributed by atoms with Gasteiger partial charge in [-0.15, -0.1) is 5.10 Å². The summed E-state index contributed by atoms with van der Waals surface area (Å²) in [5, 5.41) is 19.7. The van der Waals surface area contributed by atoms with Crippen molar-refractivity contribution in [3.05, 3.63) is 69.2 Å². The SMILES string of the molecule is COc1cc(/C=N/NC(=O)c2nnn(-c3nonc3N)c2CN2CCCCC2)cc(Br)c1OCc1ccc(F)cc1. The highest BCUT2D eigenvalue weighted by molar-refractivity contribution is 9.10. The molecule has 15 heteroatoms. The van der Waals surface area contributed by atoms with Crippen molar-refractivity contribution >= 4 is 33.9 Å². The number of hydrazone groups is 1. The predicted molar refractivity (Wildman–Crippen MR) is 149 cm³/mol. The van der Waals surface area contributed by atoms with Gasteiger partial charge in [0.25, 0.3) is 5.91 Å². The van der Waals surface area contributed by atoms with E-state index in [0.717, 1.165) is 31.5 Å². The molecule has 0 unspecified atom stereocenters. The highest BCUT2D eigenvalue weighted by Gasteiger charge is 2.26. The van der Waals surface area contributed by atoms with Gasteiger partial charge in [0, 0.05) is 6.54 Å². The van der Waals surface area contributed by atoms with Gasteiger partial charge < -0.3 is 15.2 Å². The van der Waals surface area contributed by atoms with Gasteiger partial charge in [-0.25, -0.2) is 14.4 Å². The van der Waals surface area contributed by atoms with Crippen LogP contribution >= 0.6 is 15.9 Å². The van der Waals surface area contributed by atoms with Crippen LogP contribution in [-0.2, 0) is 13.2 Å². The summed E-state index contributed by atoms with van der Waals surface area (Å²) in [4.78, 5) is 15.3. The van der Waals surface area contributed by atoms with Gasteiger partial charge in [0.05, 0.1) is 23.5 Å². The summed E-state index contributed by atoms with van der Waals surface area (Å²) < 4.78 is 31.3. The third-order valence-corrected chi connectivity index (χ3v) is 7.01. The largest absolute Gasteiger partial charge is 0.493 e. The van der Waals surface area contributed by atoms with E-state index in [1.165, 1.54) is 36.6 Å². The van der Waals surface area contributed by atoms with Crippen molar-refractivity contribution in [3.8, 4) is 17.3 Å². The van der Waals surface area contributed by atoms with Gasteiger partial charge in [0.2, 0.25) is 11.6 Å². The van der Waals surface area contributed by atoms with Crippen molar-refractivity contribution in [2.75, 3.05) is 25.9 Å². The number of piperidine rings is 1. The molecule has 0 atom stereocenters. The molecule has 13 nitrogen and oxygen atoms in total. The van der Waals surface area contributed by atoms with Gasteiger partial charge in [-0.3, -0.25) is 9.69 Å². The molecule has 4 aromatic rings. The summed E-state index contributed by atoms with van der Waals surface area (Å²) in [5.74, 6) is 0.233. The van der Waals surface area contributed by atoms with Crippen molar-refractivity contribution in [1.29, 1.82) is 0 Å². The fraction of sp³-hybridized carbons (Fsp3) is 0.308. The number of nitrogen functional groups attached to an aromatic ring is 1. The first-order valence-electron chi connectivity index (χ1n) is 12.8. The van der Waals surface area contributed by atoms with Crippen LogP contribution in [0.5, 0.6) is 11.5 Å². The minimum Gasteiger partial charge on any atom is -0.493 e. The maximum atomic E-state index is 13.2. The number of anilines is 1. The fourth-order valence-corrected chi connectivity index (χ4v) is 4.94. The number of nitrogens with zero attached hydrogens (tertiary/aromatic N) is 7. The number of ether oxygens (including phenoxy) is 2. The monoisotopic (exact) mass is 627 g/mol. The standard InChI is InChI=1S/C26H27BrFN9O4/c1-39-21-12-17(11-19(27)23(21)40-15-16-5-7-18(28)8-6-16)13-30-32-26(38)22-20(14-36-9-3-2-4-10-36)37(35-31-22)25-24(29)33-41-34-25/h5-8,11-13H,2-4,9-10,14-15H2,1H3,(H2,29,33)(H,32,38)/b30-13+. The number of methoxy groups -OCH3 is 1. The number of rotatable bonds is 10. The number of hydrogen-bond acceptors (Lipinski definition) is 11. The van der Waals surface area contributed by atoms with E-state index in [0.29, 0.717) is 33.8 Å². The average Bonchev–Trinajstić information content (AvgIpc) is 3.59. The van der Waals surface area contributed by atoms with E-state index in [2.05, 4.69) is 52.0 Å². The lowest BCUT2D eigenvalue weighted by Gasteiger charge is -2.26. The Morgan fingerprint density at radius 3 is 2.71 bits per heavy atom. The molecule has 5 rings (SSSR count). The van der Waals surface area contributed by atoms with E-state index in [9.17, 15) is 9.18 Å². The average molecular weight is 628 g/mol. The zero-order chi connectivity index (χ0) is 28.8. The van der Waals surface area contributed by atoms with Crippen molar-refractivity contribution in [2.24, 2.45) is 5.10 Å². The maximum absolute atomic E-state index is 13.2. The van der Waals surface area contributed by atoms with Crippen LogP contribution < -0.4 is 20.6 Å².